The zero-order chi connectivity index (χ0) is 13.9. The molecule has 1 rings (SSSR count). The number of amides is 1. The molecule has 0 atom stereocenters. The lowest BCUT2D eigenvalue weighted by Crippen LogP contribution is -2.29. The number of halogens is 5. The monoisotopic (exact) mass is 361 g/mol. The predicted octanol–water partition coefficient (Wildman–Crippen LogP) is 4.32. The highest BCUT2D eigenvalue weighted by molar-refractivity contribution is 9.10. The molecule has 0 fully saturated rings. The van der Waals surface area contributed by atoms with Crippen LogP contribution in [0.5, 0.6) is 0 Å². The molecule has 0 aliphatic rings. The minimum absolute atomic E-state index is 0.289. The summed E-state index contributed by atoms with van der Waals surface area (Å²) in [5, 5.41) is 0.289. The molecule has 0 aliphatic heterocycles. The second kappa shape index (κ2) is 6.16. The highest BCUT2D eigenvalue weighted by Gasteiger charge is 2.30. The molecule has 1 amide bonds. The second-order valence-corrected chi connectivity index (χ2v) is 5.65. The largest absolute Gasteiger partial charge is 0.442 e. The SMILES string of the molecule is CN(C(=O)CSC(F)(F)F)c1ccc(Br)cc1Cl. The number of nitrogens with zero attached hydrogens (tertiary/aromatic N) is 1. The normalized spacial score (nSPS) is 11.4. The van der Waals surface area contributed by atoms with Crippen molar-refractivity contribution in [2.24, 2.45) is 0 Å². The van der Waals surface area contributed by atoms with E-state index >= 15 is 0 Å². The van der Waals surface area contributed by atoms with E-state index in [0.717, 1.165) is 9.37 Å². The Morgan fingerprint density at radius 3 is 2.61 bits per heavy atom. The van der Waals surface area contributed by atoms with Crippen LogP contribution in [0.4, 0.5) is 18.9 Å². The Labute approximate surface area is 120 Å². The van der Waals surface area contributed by atoms with Gasteiger partial charge in [0.1, 0.15) is 0 Å². The molecule has 0 saturated heterocycles. The zero-order valence-electron chi connectivity index (χ0n) is 9.09. The maximum Gasteiger partial charge on any atom is 0.442 e. The molecule has 8 heteroatoms. The van der Waals surface area contributed by atoms with Gasteiger partial charge >= 0.3 is 5.51 Å². The number of hydrogen-bond donors (Lipinski definition) is 0. The van der Waals surface area contributed by atoms with Gasteiger partial charge in [-0.05, 0) is 30.0 Å². The van der Waals surface area contributed by atoms with Crippen LogP contribution in [-0.4, -0.2) is 24.2 Å². The van der Waals surface area contributed by atoms with Gasteiger partial charge in [-0.3, -0.25) is 4.79 Å². The van der Waals surface area contributed by atoms with Gasteiger partial charge in [-0.25, -0.2) is 0 Å². The van der Waals surface area contributed by atoms with Crippen LogP contribution < -0.4 is 4.90 Å². The van der Waals surface area contributed by atoms with Crippen molar-refractivity contribution >= 4 is 50.9 Å². The van der Waals surface area contributed by atoms with Gasteiger partial charge in [-0.2, -0.15) is 13.2 Å². The van der Waals surface area contributed by atoms with Gasteiger partial charge in [0, 0.05) is 11.5 Å². The van der Waals surface area contributed by atoms with Gasteiger partial charge < -0.3 is 4.90 Å². The Bertz CT molecular complexity index is 455. The topological polar surface area (TPSA) is 20.3 Å². The van der Waals surface area contributed by atoms with Crippen molar-refractivity contribution in [3.05, 3.63) is 27.7 Å². The molecule has 0 radical (unpaired) electrons. The van der Waals surface area contributed by atoms with Crippen LogP contribution in [0.3, 0.4) is 0 Å². The molecule has 0 unspecified atom stereocenters. The molecule has 0 aliphatic carbocycles. The summed E-state index contributed by atoms with van der Waals surface area (Å²) < 4.78 is 36.6. The molecule has 0 bridgehead atoms. The number of carbonyl (C=O) groups is 1. The Balaban J connectivity index is 2.74. The van der Waals surface area contributed by atoms with Gasteiger partial charge in [0.2, 0.25) is 5.91 Å². The van der Waals surface area contributed by atoms with E-state index in [1.54, 1.807) is 18.2 Å². The van der Waals surface area contributed by atoms with Gasteiger partial charge in [0.15, 0.2) is 0 Å². The fraction of sp³-hybridized carbons (Fsp3) is 0.300. The molecule has 2 nitrogen and oxygen atoms in total. The maximum absolute atomic E-state index is 12.0. The van der Waals surface area contributed by atoms with Crippen molar-refractivity contribution in [3.63, 3.8) is 0 Å². The van der Waals surface area contributed by atoms with Gasteiger partial charge in [-0.15, -0.1) is 0 Å². The number of alkyl halides is 3. The summed E-state index contributed by atoms with van der Waals surface area (Å²) in [6.07, 6.45) is 0. The average Bonchev–Trinajstić information content (AvgIpc) is 2.24. The van der Waals surface area contributed by atoms with Gasteiger partial charge in [-0.1, -0.05) is 27.5 Å². The fourth-order valence-corrected chi connectivity index (χ4v) is 2.41. The minimum Gasteiger partial charge on any atom is -0.313 e. The van der Waals surface area contributed by atoms with Crippen LogP contribution in [0.25, 0.3) is 0 Å². The first-order chi connectivity index (χ1) is 8.20. The second-order valence-electron chi connectivity index (χ2n) is 3.28. The molecular weight excluding hydrogens is 355 g/mol. The van der Waals surface area contributed by atoms with Crippen LogP contribution in [0.1, 0.15) is 0 Å². The summed E-state index contributed by atoms with van der Waals surface area (Å²) in [6, 6.07) is 4.78. The smallest absolute Gasteiger partial charge is 0.313 e. The van der Waals surface area contributed by atoms with Crippen molar-refractivity contribution < 1.29 is 18.0 Å². The molecular formula is C10H8BrClF3NOS. The van der Waals surface area contributed by atoms with E-state index in [2.05, 4.69) is 15.9 Å². The number of hydrogen-bond acceptors (Lipinski definition) is 2. The Morgan fingerprint density at radius 2 is 2.11 bits per heavy atom. The number of rotatable bonds is 3. The van der Waals surface area contributed by atoms with Crippen molar-refractivity contribution in [3.8, 4) is 0 Å². The minimum atomic E-state index is -4.42. The standard InChI is InChI=1S/C10H8BrClF3NOS/c1-16(9(17)5-18-10(13,14)15)8-3-2-6(11)4-7(8)12/h2-4H,5H2,1H3. The summed E-state index contributed by atoms with van der Waals surface area (Å²) in [4.78, 5) is 12.7. The first-order valence-electron chi connectivity index (χ1n) is 4.63. The number of thioether (sulfide) groups is 1. The lowest BCUT2D eigenvalue weighted by atomic mass is 10.3. The highest BCUT2D eigenvalue weighted by Crippen LogP contribution is 2.32. The number of benzene rings is 1. The Hall–Kier alpha value is -0.400. The van der Waals surface area contributed by atoms with Crippen molar-refractivity contribution in [1.82, 2.24) is 0 Å². The van der Waals surface area contributed by atoms with E-state index in [-0.39, 0.29) is 16.8 Å². The lowest BCUT2D eigenvalue weighted by Gasteiger charge is -2.19. The van der Waals surface area contributed by atoms with E-state index in [1.165, 1.54) is 7.05 Å². The van der Waals surface area contributed by atoms with Crippen molar-refractivity contribution in [1.29, 1.82) is 0 Å². The summed E-state index contributed by atoms with van der Waals surface area (Å²) in [5.41, 5.74) is -4.05. The Morgan fingerprint density at radius 1 is 1.50 bits per heavy atom. The first-order valence-corrected chi connectivity index (χ1v) is 6.78. The molecule has 0 saturated carbocycles. The van der Waals surface area contributed by atoms with Crippen molar-refractivity contribution in [2.45, 2.75) is 5.51 Å². The van der Waals surface area contributed by atoms with Gasteiger partial charge in [0.05, 0.1) is 16.5 Å². The van der Waals surface area contributed by atoms with Crippen LogP contribution in [0.2, 0.25) is 5.02 Å². The quantitative estimate of drug-likeness (QED) is 0.798. The summed E-state index contributed by atoms with van der Waals surface area (Å²) in [5.74, 6) is -1.34. The summed E-state index contributed by atoms with van der Waals surface area (Å²) >= 11 is 8.73. The molecule has 0 aromatic heterocycles. The van der Waals surface area contributed by atoms with E-state index in [9.17, 15) is 18.0 Å². The van der Waals surface area contributed by atoms with Gasteiger partial charge in [0.25, 0.3) is 0 Å². The summed E-state index contributed by atoms with van der Waals surface area (Å²) in [6.45, 7) is 0. The predicted molar refractivity (Wildman–Crippen MR) is 71.1 cm³/mol. The zero-order valence-corrected chi connectivity index (χ0v) is 12.3. The molecule has 100 valence electrons. The van der Waals surface area contributed by atoms with E-state index in [1.807, 2.05) is 0 Å². The van der Waals surface area contributed by atoms with Crippen LogP contribution in [0.15, 0.2) is 22.7 Å². The molecule has 1 aromatic carbocycles. The lowest BCUT2D eigenvalue weighted by molar-refractivity contribution is -0.116. The third kappa shape index (κ3) is 4.70. The molecule has 0 spiro atoms. The van der Waals surface area contributed by atoms with E-state index in [4.69, 9.17) is 11.6 Å². The van der Waals surface area contributed by atoms with Crippen LogP contribution in [0, 0.1) is 0 Å². The van der Waals surface area contributed by atoms with Crippen molar-refractivity contribution in [2.75, 3.05) is 17.7 Å². The number of carbonyl (C=O) groups excluding carboxylic acids is 1. The van der Waals surface area contributed by atoms with Crippen LogP contribution >= 0.6 is 39.3 Å². The highest BCUT2D eigenvalue weighted by atomic mass is 79.9. The van der Waals surface area contributed by atoms with E-state index < -0.39 is 17.2 Å². The third-order valence-electron chi connectivity index (χ3n) is 2.00. The van der Waals surface area contributed by atoms with Crippen LogP contribution in [-0.2, 0) is 4.79 Å². The molecule has 18 heavy (non-hydrogen) atoms. The first kappa shape index (κ1) is 15.7. The summed E-state index contributed by atoms with van der Waals surface area (Å²) in [7, 11) is 1.38. The fourth-order valence-electron chi connectivity index (χ4n) is 1.13. The Kier molecular flexibility index (Phi) is 5.36. The third-order valence-corrected chi connectivity index (χ3v) is 3.52. The maximum atomic E-state index is 12.0. The number of anilines is 1. The molecule has 0 N–H and O–H groups in total. The average molecular weight is 363 g/mol. The molecule has 1 aromatic rings. The van der Waals surface area contributed by atoms with E-state index in [0.29, 0.717) is 5.69 Å². The molecule has 0 heterocycles.